The van der Waals surface area contributed by atoms with Crippen molar-refractivity contribution in [2.75, 3.05) is 26.2 Å². The summed E-state index contributed by atoms with van der Waals surface area (Å²) < 4.78 is 4.98. The van der Waals surface area contributed by atoms with Crippen LogP contribution in [0.5, 0.6) is 0 Å². The van der Waals surface area contributed by atoms with Crippen molar-refractivity contribution < 1.29 is 14.3 Å². The molecule has 2 atom stereocenters. The molecular formula is C19H25N3O4. The summed E-state index contributed by atoms with van der Waals surface area (Å²) in [5, 5.41) is 10.4. The van der Waals surface area contributed by atoms with Crippen LogP contribution in [0.1, 0.15) is 42.5 Å². The number of aromatic nitrogens is 1. The van der Waals surface area contributed by atoms with Gasteiger partial charge >= 0.3 is 5.76 Å². The van der Waals surface area contributed by atoms with E-state index in [-0.39, 0.29) is 18.1 Å². The maximum Gasteiger partial charge on any atom is 0.417 e. The van der Waals surface area contributed by atoms with E-state index in [0.717, 1.165) is 32.4 Å². The number of benzene rings is 1. The van der Waals surface area contributed by atoms with Gasteiger partial charge in [0.25, 0.3) is 5.91 Å². The van der Waals surface area contributed by atoms with Gasteiger partial charge in [-0.15, -0.1) is 0 Å². The number of aliphatic hydroxyl groups excluding tert-OH is 1. The molecule has 2 aliphatic rings. The minimum absolute atomic E-state index is 0.0324. The van der Waals surface area contributed by atoms with Crippen LogP contribution in [0.2, 0.25) is 0 Å². The molecule has 140 valence electrons. The van der Waals surface area contributed by atoms with Gasteiger partial charge in [-0.05, 0) is 31.0 Å². The van der Waals surface area contributed by atoms with E-state index in [1.807, 2.05) is 4.90 Å². The molecule has 0 unspecified atom stereocenters. The van der Waals surface area contributed by atoms with Gasteiger partial charge in [0.1, 0.15) is 0 Å². The number of rotatable bonds is 2. The number of hydrogen-bond donors (Lipinski definition) is 2. The second-order valence-corrected chi connectivity index (χ2v) is 7.33. The van der Waals surface area contributed by atoms with Crippen molar-refractivity contribution in [3.05, 3.63) is 34.3 Å². The standard InChI is InChI=1S/C19H25N3O4/c23-16-5-3-1-2-4-15(16)21-8-10-22(11-9-21)18(24)13-6-7-17-14(12-13)20-19(25)26-17/h6-7,12,15-16,23H,1-5,8-11H2,(H,20,25)/t15-,16-/m1/s1. The summed E-state index contributed by atoms with van der Waals surface area (Å²) in [4.78, 5) is 30.8. The number of fused-ring (bicyclic) bond motifs is 1. The SMILES string of the molecule is O=C(c1ccc2oc(=O)[nH]c2c1)N1CCN([C@@H]2CCCCC[C@H]2O)CC1. The molecule has 2 heterocycles. The highest BCUT2D eigenvalue weighted by atomic mass is 16.4. The van der Waals surface area contributed by atoms with Crippen LogP contribution < -0.4 is 5.76 Å². The third-order valence-corrected chi connectivity index (χ3v) is 5.68. The summed E-state index contributed by atoms with van der Waals surface area (Å²) in [6.07, 6.45) is 5.15. The molecule has 0 spiro atoms. The Morgan fingerprint density at radius 2 is 1.88 bits per heavy atom. The molecule has 1 saturated carbocycles. The second kappa shape index (κ2) is 7.25. The molecule has 7 nitrogen and oxygen atoms in total. The number of piperazine rings is 1. The van der Waals surface area contributed by atoms with Gasteiger partial charge in [0.15, 0.2) is 5.58 Å². The van der Waals surface area contributed by atoms with Crippen LogP contribution in [0.4, 0.5) is 0 Å². The van der Waals surface area contributed by atoms with Gasteiger partial charge in [-0.3, -0.25) is 14.7 Å². The highest BCUT2D eigenvalue weighted by Gasteiger charge is 2.31. The first-order valence-corrected chi connectivity index (χ1v) is 9.46. The van der Waals surface area contributed by atoms with Crippen LogP contribution in [0, 0.1) is 0 Å². The maximum atomic E-state index is 12.8. The molecule has 1 aromatic heterocycles. The number of carbonyl (C=O) groups is 1. The summed E-state index contributed by atoms with van der Waals surface area (Å²) in [5.74, 6) is -0.546. The number of aliphatic hydroxyl groups is 1. The fourth-order valence-corrected chi connectivity index (χ4v) is 4.22. The summed E-state index contributed by atoms with van der Waals surface area (Å²) in [6.45, 7) is 2.89. The minimum atomic E-state index is -0.514. The second-order valence-electron chi connectivity index (χ2n) is 7.33. The smallest absolute Gasteiger partial charge is 0.408 e. The molecule has 1 saturated heterocycles. The van der Waals surface area contributed by atoms with E-state index in [1.165, 1.54) is 12.8 Å². The van der Waals surface area contributed by atoms with Crippen molar-refractivity contribution in [3.63, 3.8) is 0 Å². The Bertz CT molecular complexity index is 835. The van der Waals surface area contributed by atoms with E-state index in [0.29, 0.717) is 29.8 Å². The van der Waals surface area contributed by atoms with Crippen molar-refractivity contribution >= 4 is 17.0 Å². The Hall–Kier alpha value is -2.12. The van der Waals surface area contributed by atoms with Gasteiger partial charge in [-0.25, -0.2) is 4.79 Å². The van der Waals surface area contributed by atoms with Gasteiger partial charge in [0.05, 0.1) is 11.6 Å². The minimum Gasteiger partial charge on any atom is -0.408 e. The fraction of sp³-hybridized carbons (Fsp3) is 0.579. The molecule has 1 aliphatic heterocycles. The highest BCUT2D eigenvalue weighted by molar-refractivity contribution is 5.97. The maximum absolute atomic E-state index is 12.8. The molecule has 0 bridgehead atoms. The summed E-state index contributed by atoms with van der Waals surface area (Å²) >= 11 is 0. The molecule has 26 heavy (non-hydrogen) atoms. The largest absolute Gasteiger partial charge is 0.417 e. The van der Waals surface area contributed by atoms with Gasteiger partial charge in [-0.1, -0.05) is 19.3 Å². The number of carbonyl (C=O) groups excluding carboxylic acids is 1. The lowest BCUT2D eigenvalue weighted by Crippen LogP contribution is -2.54. The van der Waals surface area contributed by atoms with E-state index in [9.17, 15) is 14.7 Å². The number of nitrogens with zero attached hydrogens (tertiary/aromatic N) is 2. The third-order valence-electron chi connectivity index (χ3n) is 5.68. The van der Waals surface area contributed by atoms with E-state index in [2.05, 4.69) is 9.88 Å². The molecule has 2 aromatic rings. The summed E-state index contributed by atoms with van der Waals surface area (Å²) in [5.41, 5.74) is 1.55. The van der Waals surface area contributed by atoms with Crippen LogP contribution in [0.15, 0.2) is 27.4 Å². The zero-order valence-corrected chi connectivity index (χ0v) is 14.8. The molecule has 2 fully saturated rings. The monoisotopic (exact) mass is 359 g/mol. The van der Waals surface area contributed by atoms with Crippen molar-refractivity contribution in [3.8, 4) is 0 Å². The van der Waals surface area contributed by atoms with Crippen LogP contribution >= 0.6 is 0 Å². The predicted octanol–water partition coefficient (Wildman–Crippen LogP) is 1.57. The number of amides is 1. The van der Waals surface area contributed by atoms with E-state index in [1.54, 1.807) is 18.2 Å². The Kier molecular flexibility index (Phi) is 4.82. The lowest BCUT2D eigenvalue weighted by Gasteiger charge is -2.40. The van der Waals surface area contributed by atoms with Gasteiger partial charge < -0.3 is 14.4 Å². The molecule has 1 amide bonds. The van der Waals surface area contributed by atoms with Crippen molar-refractivity contribution in [2.45, 2.75) is 44.2 Å². The lowest BCUT2D eigenvalue weighted by atomic mass is 10.0. The molecule has 1 aromatic carbocycles. The average Bonchev–Trinajstić information content (AvgIpc) is 2.89. The van der Waals surface area contributed by atoms with Gasteiger partial charge in [0.2, 0.25) is 0 Å². The number of oxazole rings is 1. The number of hydrogen-bond acceptors (Lipinski definition) is 5. The van der Waals surface area contributed by atoms with E-state index >= 15 is 0 Å². The summed E-state index contributed by atoms with van der Waals surface area (Å²) in [7, 11) is 0. The zero-order valence-electron chi connectivity index (χ0n) is 14.8. The first kappa shape index (κ1) is 17.3. The molecule has 1 aliphatic carbocycles. The predicted molar refractivity (Wildman–Crippen MR) is 97.2 cm³/mol. The first-order chi connectivity index (χ1) is 12.6. The Morgan fingerprint density at radius 3 is 2.69 bits per heavy atom. The third kappa shape index (κ3) is 3.41. The number of H-pyrrole nitrogens is 1. The van der Waals surface area contributed by atoms with Crippen LogP contribution in [0.3, 0.4) is 0 Å². The normalized spacial score (nSPS) is 25.3. The molecule has 2 N–H and O–H groups in total. The zero-order chi connectivity index (χ0) is 18.1. The number of nitrogens with one attached hydrogen (secondary N) is 1. The molecule has 4 rings (SSSR count). The first-order valence-electron chi connectivity index (χ1n) is 9.46. The molecule has 7 heteroatoms. The van der Waals surface area contributed by atoms with Crippen LogP contribution in [-0.2, 0) is 0 Å². The Balaban J connectivity index is 1.41. The highest BCUT2D eigenvalue weighted by Crippen LogP contribution is 2.24. The van der Waals surface area contributed by atoms with E-state index < -0.39 is 5.76 Å². The van der Waals surface area contributed by atoms with Crippen LogP contribution in [-0.4, -0.2) is 64.1 Å². The topological polar surface area (TPSA) is 89.8 Å². The Labute approximate surface area is 151 Å². The van der Waals surface area contributed by atoms with Crippen LogP contribution in [0.25, 0.3) is 11.1 Å². The lowest BCUT2D eigenvalue weighted by molar-refractivity contribution is 0.0155. The quantitative estimate of drug-likeness (QED) is 0.795. The van der Waals surface area contributed by atoms with Crippen molar-refractivity contribution in [1.82, 2.24) is 14.8 Å². The number of aromatic amines is 1. The van der Waals surface area contributed by atoms with E-state index in [4.69, 9.17) is 4.42 Å². The fourth-order valence-electron chi connectivity index (χ4n) is 4.22. The molecule has 0 radical (unpaired) electrons. The van der Waals surface area contributed by atoms with Crippen molar-refractivity contribution in [1.29, 1.82) is 0 Å². The molecular weight excluding hydrogens is 334 g/mol. The summed E-state index contributed by atoms with van der Waals surface area (Å²) in [6, 6.07) is 5.24. The average molecular weight is 359 g/mol. The Morgan fingerprint density at radius 1 is 1.12 bits per heavy atom. The van der Waals surface area contributed by atoms with Crippen molar-refractivity contribution in [2.24, 2.45) is 0 Å². The van der Waals surface area contributed by atoms with Gasteiger partial charge in [-0.2, -0.15) is 0 Å². The van der Waals surface area contributed by atoms with Gasteiger partial charge in [0, 0.05) is 37.8 Å².